The first-order valence-corrected chi connectivity index (χ1v) is 26.8. The average molecular weight is 1080 g/mol. The smallest absolute Gasteiger partial charge is 0.343 e. The molecule has 81 heavy (non-hydrogen) atoms. The number of Topliss-reactive ketones (excluding diaryl/α,β-unsaturated/α-hetero) is 1. The van der Waals surface area contributed by atoms with Crippen molar-refractivity contribution in [2.24, 2.45) is 5.92 Å². The lowest BCUT2D eigenvalue weighted by atomic mass is 9.96. The maximum atomic E-state index is 13.2. The lowest BCUT2D eigenvalue weighted by Gasteiger charge is -2.09. The van der Waals surface area contributed by atoms with Crippen molar-refractivity contribution in [2.45, 2.75) is 67.1 Å². The van der Waals surface area contributed by atoms with Crippen LogP contribution in [0.4, 0.5) is 0 Å². The van der Waals surface area contributed by atoms with Crippen LogP contribution in [0.15, 0.2) is 218 Å². The van der Waals surface area contributed by atoms with Crippen LogP contribution >= 0.6 is 0 Å². The van der Waals surface area contributed by atoms with Crippen molar-refractivity contribution >= 4 is 35.4 Å². The quantitative estimate of drug-likeness (QED) is 0.0492. The van der Waals surface area contributed by atoms with Crippen LogP contribution in [0.3, 0.4) is 0 Å². The van der Waals surface area contributed by atoms with Gasteiger partial charge in [-0.3, -0.25) is 9.59 Å². The first-order chi connectivity index (χ1) is 39.0. The molecule has 0 amide bonds. The van der Waals surface area contributed by atoms with Crippen LogP contribution in [0.5, 0.6) is 11.5 Å². The number of ketones is 2. The maximum absolute atomic E-state index is 13.2. The summed E-state index contributed by atoms with van der Waals surface area (Å²) in [5.41, 5.74) is 12.7. The highest BCUT2D eigenvalue weighted by Gasteiger charge is 2.16. The van der Waals surface area contributed by atoms with E-state index in [2.05, 4.69) is 0 Å². The highest BCUT2D eigenvalue weighted by Crippen LogP contribution is 2.27. The Morgan fingerprint density at radius 1 is 0.309 bits per heavy atom. The zero-order chi connectivity index (χ0) is 57.6. The molecule has 406 valence electrons. The van der Waals surface area contributed by atoms with Crippen molar-refractivity contribution in [1.82, 2.24) is 0 Å². The summed E-state index contributed by atoms with van der Waals surface area (Å²) in [4.78, 5) is 74.6. The molecule has 0 aliphatic rings. The molecule has 0 aromatic heterocycles. The maximum Gasteiger partial charge on any atom is 0.343 e. The Kier molecular flexibility index (Phi) is 18.9. The molecular weight excluding hydrogens is 1010 g/mol. The third kappa shape index (κ3) is 15.7. The number of hydrogen-bond acceptors (Lipinski definition) is 10. The lowest BCUT2D eigenvalue weighted by molar-refractivity contribution is 0.0367. The molecule has 0 bridgehead atoms. The first kappa shape index (κ1) is 57.4. The highest BCUT2D eigenvalue weighted by molar-refractivity contribution is 6.09. The van der Waals surface area contributed by atoms with Crippen LogP contribution < -0.4 is 9.47 Å². The van der Waals surface area contributed by atoms with Crippen molar-refractivity contribution in [3.63, 3.8) is 0 Å². The van der Waals surface area contributed by atoms with E-state index in [0.717, 1.165) is 50.1 Å². The van der Waals surface area contributed by atoms with E-state index in [9.17, 15) is 28.8 Å². The Morgan fingerprint density at radius 2 is 0.568 bits per heavy atom. The molecule has 10 heteroatoms. The predicted molar refractivity (Wildman–Crippen MR) is 316 cm³/mol. The molecule has 0 unspecified atom stereocenters. The fourth-order valence-corrected chi connectivity index (χ4v) is 8.52. The number of ether oxygens (including phenoxy) is 4. The van der Waals surface area contributed by atoms with Gasteiger partial charge in [0.05, 0.1) is 34.5 Å². The molecule has 0 saturated heterocycles. The molecule has 0 radical (unpaired) electrons. The van der Waals surface area contributed by atoms with Gasteiger partial charge in [0.15, 0.2) is 11.6 Å². The normalized spacial score (nSPS) is 10.8. The monoisotopic (exact) mass is 1070 g/mol. The number of aryl methyl sites for hydroxylation is 1. The van der Waals surface area contributed by atoms with Crippen molar-refractivity contribution in [1.29, 1.82) is 0 Å². The predicted octanol–water partition coefficient (Wildman–Crippen LogP) is 15.9. The Balaban J connectivity index is 0.000000258. The number of benzene rings is 9. The van der Waals surface area contributed by atoms with Crippen LogP contribution in [0.25, 0.3) is 33.4 Å². The lowest BCUT2D eigenvalue weighted by Crippen LogP contribution is -2.11. The van der Waals surface area contributed by atoms with Gasteiger partial charge in [0.1, 0.15) is 11.5 Å². The van der Waals surface area contributed by atoms with Gasteiger partial charge in [-0.2, -0.15) is 0 Å². The zero-order valence-electron chi connectivity index (χ0n) is 46.3. The van der Waals surface area contributed by atoms with Gasteiger partial charge in [0.25, 0.3) is 0 Å². The summed E-state index contributed by atoms with van der Waals surface area (Å²) in [5, 5.41) is 0. The van der Waals surface area contributed by atoms with Crippen molar-refractivity contribution in [3.05, 3.63) is 274 Å². The minimum atomic E-state index is -0.454. The molecule has 9 rings (SSSR count). The number of hydrogen-bond donors (Lipinski definition) is 0. The second kappa shape index (κ2) is 26.7. The first-order valence-electron chi connectivity index (χ1n) is 26.8. The molecule has 0 atom stereocenters. The van der Waals surface area contributed by atoms with Crippen LogP contribution in [-0.2, 0) is 15.9 Å². The molecule has 0 N–H and O–H groups in total. The standard InChI is InChI=1S/C47H40O6.C24H22O4/c1-30(2)44(48)38-19-13-34(14-20-38)35-15-21-40(22-16-35)45(49)39-9-5-32(6-10-39)29-33-7-11-41(12-8-33)47(51)53-43-27-25-37(26-28-43)36-17-23-42(24-18-36)46(50)52-31(3)4;1-16(2)27-23(25)21-10-8-18(9-11-21)19-12-14-22(15-13-19)28-24(26)20-6-4-17(3)5-7-20/h5-28,30-31H,29H2,1-4H3;4-16H,1-3H3. The zero-order valence-corrected chi connectivity index (χ0v) is 46.3. The number of carbonyl (C=O) groups is 6. The molecular formula is C71H62O10. The van der Waals surface area contributed by atoms with E-state index in [1.54, 1.807) is 72.8 Å². The molecule has 0 aliphatic carbocycles. The van der Waals surface area contributed by atoms with E-state index < -0.39 is 5.97 Å². The minimum absolute atomic E-state index is 0.0502. The number of rotatable bonds is 17. The van der Waals surface area contributed by atoms with Gasteiger partial charge in [-0.1, -0.05) is 165 Å². The SMILES string of the molecule is CC(C)OC(=O)c1ccc(-c2ccc(OC(=O)c3ccc(Cc4ccc(C(=O)c5ccc(-c6ccc(C(=O)C(C)C)cc6)cc5)cc4)cc3)cc2)cc1.Cc1ccc(C(=O)Oc2ccc(-c3ccc(C(=O)OC(C)C)cc3)cc2)cc1. The van der Waals surface area contributed by atoms with Crippen molar-refractivity contribution < 1.29 is 47.7 Å². The van der Waals surface area contributed by atoms with E-state index in [0.29, 0.717) is 56.9 Å². The van der Waals surface area contributed by atoms with Gasteiger partial charge < -0.3 is 18.9 Å². The summed E-state index contributed by atoms with van der Waals surface area (Å²) < 4.78 is 21.5. The molecule has 9 aromatic carbocycles. The van der Waals surface area contributed by atoms with E-state index in [4.69, 9.17) is 18.9 Å². The molecule has 0 heterocycles. The van der Waals surface area contributed by atoms with Crippen LogP contribution in [-0.4, -0.2) is 47.7 Å². The van der Waals surface area contributed by atoms with Crippen LogP contribution in [0, 0.1) is 12.8 Å². The van der Waals surface area contributed by atoms with E-state index >= 15 is 0 Å². The Hall–Kier alpha value is -9.80. The highest BCUT2D eigenvalue weighted by atomic mass is 16.6. The van der Waals surface area contributed by atoms with Crippen molar-refractivity contribution in [2.75, 3.05) is 0 Å². The third-order valence-electron chi connectivity index (χ3n) is 13.0. The number of carbonyl (C=O) groups excluding carboxylic acids is 6. The van der Waals surface area contributed by atoms with E-state index in [1.807, 2.05) is 194 Å². The summed E-state index contributed by atoms with van der Waals surface area (Å²) in [6, 6.07) is 66.0. The summed E-state index contributed by atoms with van der Waals surface area (Å²) >= 11 is 0. The second-order valence-electron chi connectivity index (χ2n) is 20.3. The van der Waals surface area contributed by atoms with Gasteiger partial charge in [0, 0.05) is 22.6 Å². The largest absolute Gasteiger partial charge is 0.459 e. The van der Waals surface area contributed by atoms with Gasteiger partial charge in [-0.15, -0.1) is 0 Å². The van der Waals surface area contributed by atoms with Crippen LogP contribution in [0.2, 0.25) is 0 Å². The summed E-state index contributed by atoms with van der Waals surface area (Å²) in [7, 11) is 0. The molecule has 0 spiro atoms. The van der Waals surface area contributed by atoms with Gasteiger partial charge in [-0.05, 0) is 158 Å². The molecule has 0 fully saturated rings. The second-order valence-corrected chi connectivity index (χ2v) is 20.3. The summed E-state index contributed by atoms with van der Waals surface area (Å²) in [6.45, 7) is 13.0. The number of esters is 4. The average Bonchev–Trinajstić information content (AvgIpc) is 3.48. The molecule has 9 aromatic rings. The fraction of sp³-hybridized carbons (Fsp3) is 0.155. The van der Waals surface area contributed by atoms with Crippen LogP contribution in [0.1, 0.15) is 126 Å². The Labute approximate surface area is 473 Å². The summed E-state index contributed by atoms with van der Waals surface area (Å²) in [6.07, 6.45) is 0.307. The van der Waals surface area contributed by atoms with Crippen molar-refractivity contribution in [3.8, 4) is 44.9 Å². The minimum Gasteiger partial charge on any atom is -0.459 e. The summed E-state index contributed by atoms with van der Waals surface area (Å²) in [5.74, 6) is -0.617. The van der Waals surface area contributed by atoms with E-state index in [-0.39, 0.29) is 47.6 Å². The molecule has 0 aliphatic heterocycles. The van der Waals surface area contributed by atoms with Gasteiger partial charge >= 0.3 is 23.9 Å². The van der Waals surface area contributed by atoms with E-state index in [1.165, 1.54) is 0 Å². The van der Waals surface area contributed by atoms with Gasteiger partial charge in [-0.25, -0.2) is 19.2 Å². The fourth-order valence-electron chi connectivity index (χ4n) is 8.52. The molecule has 0 saturated carbocycles. The Bertz CT molecular complexity index is 3620. The molecule has 10 nitrogen and oxygen atoms in total. The Morgan fingerprint density at radius 3 is 0.889 bits per heavy atom. The third-order valence-corrected chi connectivity index (χ3v) is 13.0. The van der Waals surface area contributed by atoms with Gasteiger partial charge in [0.2, 0.25) is 0 Å². The topological polar surface area (TPSA) is 139 Å².